The number of aromatic nitrogens is 2. The third kappa shape index (κ3) is 5.41. The number of hydrogen-bond acceptors (Lipinski definition) is 5. The van der Waals surface area contributed by atoms with E-state index < -0.39 is 10.0 Å². The van der Waals surface area contributed by atoms with Crippen molar-refractivity contribution in [2.75, 3.05) is 32.5 Å². The van der Waals surface area contributed by atoms with Gasteiger partial charge in [-0.1, -0.05) is 36.4 Å². The van der Waals surface area contributed by atoms with Crippen molar-refractivity contribution in [2.24, 2.45) is 0 Å². The first kappa shape index (κ1) is 20.1. The van der Waals surface area contributed by atoms with E-state index >= 15 is 0 Å². The Bertz CT molecular complexity index is 1000. The van der Waals surface area contributed by atoms with Crippen molar-refractivity contribution >= 4 is 15.7 Å². The van der Waals surface area contributed by atoms with E-state index in [-0.39, 0.29) is 4.90 Å². The summed E-state index contributed by atoms with van der Waals surface area (Å²) in [7, 11) is 0.270. The molecule has 3 aromatic rings. The summed E-state index contributed by atoms with van der Waals surface area (Å²) < 4.78 is 27.5. The van der Waals surface area contributed by atoms with Gasteiger partial charge in [0.2, 0.25) is 10.0 Å². The van der Waals surface area contributed by atoms with Crippen LogP contribution in [0, 0.1) is 0 Å². The van der Waals surface area contributed by atoms with Crippen molar-refractivity contribution < 1.29 is 8.42 Å². The van der Waals surface area contributed by atoms with Gasteiger partial charge in [0.05, 0.1) is 22.8 Å². The number of rotatable bonds is 9. The molecule has 0 aliphatic heterocycles. The molecule has 0 saturated carbocycles. The fourth-order valence-electron chi connectivity index (χ4n) is 2.67. The van der Waals surface area contributed by atoms with Gasteiger partial charge in [-0.25, -0.2) is 13.1 Å². The van der Waals surface area contributed by atoms with E-state index in [2.05, 4.69) is 20.2 Å². The summed E-state index contributed by atoms with van der Waals surface area (Å²) >= 11 is 0. The van der Waals surface area contributed by atoms with Crippen molar-refractivity contribution in [2.45, 2.75) is 11.4 Å². The molecule has 0 unspecified atom stereocenters. The largest absolute Gasteiger partial charge is 0.379 e. The molecule has 8 heteroatoms. The number of anilines is 1. The molecule has 0 aliphatic rings. The second kappa shape index (κ2) is 9.01. The van der Waals surface area contributed by atoms with E-state index in [1.54, 1.807) is 18.2 Å². The van der Waals surface area contributed by atoms with Gasteiger partial charge in [-0.2, -0.15) is 5.10 Å². The maximum atomic E-state index is 12.4. The molecule has 0 fully saturated rings. The molecule has 0 saturated heterocycles. The van der Waals surface area contributed by atoms with Crippen LogP contribution >= 0.6 is 0 Å². The van der Waals surface area contributed by atoms with Crippen LogP contribution in [0.3, 0.4) is 0 Å². The highest BCUT2D eigenvalue weighted by molar-refractivity contribution is 7.89. The molecule has 0 amide bonds. The van der Waals surface area contributed by atoms with Crippen LogP contribution < -0.4 is 10.0 Å². The molecule has 0 radical (unpaired) electrons. The van der Waals surface area contributed by atoms with Gasteiger partial charge in [0.1, 0.15) is 0 Å². The zero-order chi connectivity index (χ0) is 20.0. The first-order valence-electron chi connectivity index (χ1n) is 9.02. The maximum absolute atomic E-state index is 12.4. The van der Waals surface area contributed by atoms with E-state index in [4.69, 9.17) is 0 Å². The Labute approximate surface area is 165 Å². The van der Waals surface area contributed by atoms with Crippen LogP contribution in [0.2, 0.25) is 0 Å². The smallest absolute Gasteiger partial charge is 0.240 e. The predicted molar refractivity (Wildman–Crippen MR) is 112 cm³/mol. The number of aromatic amines is 1. The minimum Gasteiger partial charge on any atom is -0.379 e. The molecule has 28 heavy (non-hydrogen) atoms. The standard InChI is InChI=1S/C20H25N5O2S/c1-25(2)12-11-22-28(26,27)19-10-6-9-17(13-19)21-15-18-14-20(24-23-18)16-7-4-3-5-8-16/h3-10,13-14,21-22H,11-12,15H2,1-2H3,(H,23,24). The molecule has 0 aliphatic carbocycles. The van der Waals surface area contributed by atoms with E-state index in [0.717, 1.165) is 22.6 Å². The Kier molecular flexibility index (Phi) is 6.45. The fraction of sp³-hybridized carbons (Fsp3) is 0.250. The summed E-state index contributed by atoms with van der Waals surface area (Å²) in [5, 5.41) is 10.6. The zero-order valence-electron chi connectivity index (χ0n) is 16.0. The number of benzene rings is 2. The van der Waals surface area contributed by atoms with Crippen molar-refractivity contribution in [1.82, 2.24) is 19.8 Å². The maximum Gasteiger partial charge on any atom is 0.240 e. The Balaban J connectivity index is 1.63. The van der Waals surface area contributed by atoms with Gasteiger partial charge in [-0.3, -0.25) is 5.10 Å². The van der Waals surface area contributed by atoms with Crippen molar-refractivity contribution in [1.29, 1.82) is 0 Å². The van der Waals surface area contributed by atoms with E-state index in [9.17, 15) is 8.42 Å². The highest BCUT2D eigenvalue weighted by atomic mass is 32.2. The van der Waals surface area contributed by atoms with E-state index in [1.807, 2.05) is 61.5 Å². The summed E-state index contributed by atoms with van der Waals surface area (Å²) in [4.78, 5) is 2.17. The highest BCUT2D eigenvalue weighted by Gasteiger charge is 2.14. The van der Waals surface area contributed by atoms with Gasteiger partial charge < -0.3 is 10.2 Å². The van der Waals surface area contributed by atoms with Crippen LogP contribution in [-0.2, 0) is 16.6 Å². The molecule has 7 nitrogen and oxygen atoms in total. The van der Waals surface area contributed by atoms with Crippen LogP contribution in [0.5, 0.6) is 0 Å². The Hall–Kier alpha value is -2.68. The number of nitrogens with one attached hydrogen (secondary N) is 3. The topological polar surface area (TPSA) is 90.1 Å². The molecular formula is C20H25N5O2S. The van der Waals surface area contributed by atoms with Crippen molar-refractivity contribution in [3.63, 3.8) is 0 Å². The predicted octanol–water partition coefficient (Wildman–Crippen LogP) is 2.53. The SMILES string of the molecule is CN(C)CCNS(=O)(=O)c1cccc(NCc2cc(-c3ccccc3)n[nH]2)c1. The molecule has 2 aromatic carbocycles. The summed E-state index contributed by atoms with van der Waals surface area (Å²) in [6.07, 6.45) is 0. The van der Waals surface area contributed by atoms with Gasteiger partial charge in [0.15, 0.2) is 0 Å². The average Bonchev–Trinajstić information content (AvgIpc) is 3.16. The molecule has 0 atom stereocenters. The molecule has 0 bridgehead atoms. The lowest BCUT2D eigenvalue weighted by Gasteiger charge is -2.12. The quantitative estimate of drug-likeness (QED) is 0.514. The van der Waals surface area contributed by atoms with Crippen molar-refractivity contribution in [3.05, 3.63) is 66.4 Å². The lowest BCUT2D eigenvalue weighted by atomic mass is 10.1. The fourth-order valence-corrected chi connectivity index (χ4v) is 3.73. The molecule has 3 rings (SSSR count). The Morgan fingerprint density at radius 1 is 1.04 bits per heavy atom. The second-order valence-corrected chi connectivity index (χ2v) is 8.49. The number of hydrogen-bond donors (Lipinski definition) is 3. The first-order chi connectivity index (χ1) is 13.4. The summed E-state index contributed by atoms with van der Waals surface area (Å²) in [6.45, 7) is 1.52. The highest BCUT2D eigenvalue weighted by Crippen LogP contribution is 2.19. The van der Waals surface area contributed by atoms with Crippen LogP contribution in [0.4, 0.5) is 5.69 Å². The van der Waals surface area contributed by atoms with Gasteiger partial charge in [0.25, 0.3) is 0 Å². The van der Waals surface area contributed by atoms with E-state index in [1.165, 1.54) is 0 Å². The first-order valence-corrected chi connectivity index (χ1v) is 10.5. The number of likely N-dealkylation sites (N-methyl/N-ethyl adjacent to an activating group) is 1. The minimum absolute atomic E-state index is 0.242. The van der Waals surface area contributed by atoms with Crippen LogP contribution in [0.15, 0.2) is 65.6 Å². The molecule has 148 valence electrons. The van der Waals surface area contributed by atoms with Crippen LogP contribution in [-0.4, -0.2) is 50.7 Å². The monoisotopic (exact) mass is 399 g/mol. The van der Waals surface area contributed by atoms with Crippen LogP contribution in [0.25, 0.3) is 11.3 Å². The van der Waals surface area contributed by atoms with E-state index in [0.29, 0.717) is 19.6 Å². The lowest BCUT2D eigenvalue weighted by Crippen LogP contribution is -2.31. The Morgan fingerprint density at radius 2 is 1.82 bits per heavy atom. The molecule has 1 aromatic heterocycles. The summed E-state index contributed by atoms with van der Waals surface area (Å²) in [6, 6.07) is 18.7. The number of H-pyrrole nitrogens is 1. The second-order valence-electron chi connectivity index (χ2n) is 6.73. The molecular weight excluding hydrogens is 374 g/mol. The Morgan fingerprint density at radius 3 is 2.57 bits per heavy atom. The summed E-state index contributed by atoms with van der Waals surface area (Å²) in [5.41, 5.74) is 3.56. The molecule has 0 spiro atoms. The minimum atomic E-state index is -3.53. The third-order valence-corrected chi connectivity index (χ3v) is 5.64. The third-order valence-electron chi connectivity index (χ3n) is 4.18. The summed E-state index contributed by atoms with van der Waals surface area (Å²) in [5.74, 6) is 0. The number of nitrogens with zero attached hydrogens (tertiary/aromatic N) is 2. The van der Waals surface area contributed by atoms with Gasteiger partial charge in [0, 0.05) is 24.3 Å². The molecule has 1 heterocycles. The number of sulfonamides is 1. The van der Waals surface area contributed by atoms with Gasteiger partial charge in [-0.15, -0.1) is 0 Å². The zero-order valence-corrected chi connectivity index (χ0v) is 16.8. The van der Waals surface area contributed by atoms with Gasteiger partial charge in [-0.05, 0) is 38.4 Å². The van der Waals surface area contributed by atoms with Gasteiger partial charge >= 0.3 is 0 Å². The van der Waals surface area contributed by atoms with Crippen LogP contribution in [0.1, 0.15) is 5.69 Å². The van der Waals surface area contributed by atoms with Crippen molar-refractivity contribution in [3.8, 4) is 11.3 Å². The average molecular weight is 400 g/mol. The lowest BCUT2D eigenvalue weighted by molar-refractivity contribution is 0.412. The normalized spacial score (nSPS) is 11.7. The molecule has 3 N–H and O–H groups in total.